The fourth-order valence-corrected chi connectivity index (χ4v) is 2.49. The van der Waals surface area contributed by atoms with Crippen molar-refractivity contribution >= 4 is 11.8 Å². The summed E-state index contributed by atoms with van der Waals surface area (Å²) >= 11 is 0. The first kappa shape index (κ1) is 14.9. The van der Waals surface area contributed by atoms with E-state index in [4.69, 9.17) is 4.74 Å². The average Bonchev–Trinajstić information content (AvgIpc) is 3.08. The van der Waals surface area contributed by atoms with Crippen LogP contribution >= 0.6 is 0 Å². The summed E-state index contributed by atoms with van der Waals surface area (Å²) in [4.78, 5) is 11.9. The van der Waals surface area contributed by atoms with Gasteiger partial charge in [-0.2, -0.15) is 0 Å². The summed E-state index contributed by atoms with van der Waals surface area (Å²) in [5, 5.41) is 12.8. The number of rotatable bonds is 3. The van der Waals surface area contributed by atoms with Crippen LogP contribution in [-0.4, -0.2) is 22.9 Å². The molecule has 1 atom stereocenters. The number of amides is 1. The zero-order chi connectivity index (χ0) is 15.0. The molecule has 110 valence electrons. The Morgan fingerprint density at radius 3 is 2.45 bits per heavy atom. The Balaban J connectivity index is 2.20. The molecule has 1 aromatic rings. The van der Waals surface area contributed by atoms with Gasteiger partial charge in [0.15, 0.2) is 0 Å². The molecule has 1 amide bonds. The van der Waals surface area contributed by atoms with E-state index in [1.54, 1.807) is 6.92 Å². The van der Waals surface area contributed by atoms with Crippen LogP contribution in [0.5, 0.6) is 0 Å². The number of carbonyl (C=O) groups excluding carboxylic acids is 1. The average molecular weight is 277 g/mol. The third kappa shape index (κ3) is 3.12. The summed E-state index contributed by atoms with van der Waals surface area (Å²) in [6, 6.07) is 7.61. The normalized spacial score (nSPS) is 18.2. The minimum absolute atomic E-state index is 0.217. The Morgan fingerprint density at radius 1 is 1.35 bits per heavy atom. The maximum absolute atomic E-state index is 11.9. The predicted molar refractivity (Wildman–Crippen MR) is 78.9 cm³/mol. The Morgan fingerprint density at radius 2 is 1.95 bits per heavy atom. The molecule has 1 aliphatic carbocycles. The lowest BCUT2D eigenvalue weighted by atomic mass is 9.89. The molecule has 0 saturated heterocycles. The van der Waals surface area contributed by atoms with E-state index in [-0.39, 0.29) is 5.41 Å². The summed E-state index contributed by atoms with van der Waals surface area (Å²) < 4.78 is 5.28. The van der Waals surface area contributed by atoms with Gasteiger partial charge in [-0.3, -0.25) is 5.32 Å². The molecular weight excluding hydrogens is 254 g/mol. The minimum Gasteiger partial charge on any atom is -0.444 e. The number of aliphatic hydroxyl groups is 1. The zero-order valence-corrected chi connectivity index (χ0v) is 12.6. The number of aliphatic hydroxyl groups excluding tert-OH is 1. The van der Waals surface area contributed by atoms with Gasteiger partial charge in [-0.25, -0.2) is 4.79 Å². The second kappa shape index (κ2) is 5.09. The van der Waals surface area contributed by atoms with Crippen molar-refractivity contribution in [2.24, 2.45) is 0 Å². The number of nitrogens with one attached hydrogen (secondary N) is 1. The first-order chi connectivity index (χ1) is 9.24. The first-order valence-electron chi connectivity index (χ1n) is 7.02. The number of anilines is 1. The van der Waals surface area contributed by atoms with E-state index in [0.29, 0.717) is 0 Å². The molecule has 0 heterocycles. The fourth-order valence-electron chi connectivity index (χ4n) is 2.49. The van der Waals surface area contributed by atoms with E-state index in [2.05, 4.69) is 5.32 Å². The second-order valence-electron chi connectivity index (χ2n) is 6.50. The smallest absolute Gasteiger partial charge is 0.412 e. The monoisotopic (exact) mass is 277 g/mol. The molecule has 1 saturated carbocycles. The van der Waals surface area contributed by atoms with Crippen molar-refractivity contribution in [1.29, 1.82) is 0 Å². The van der Waals surface area contributed by atoms with Crippen molar-refractivity contribution in [2.45, 2.75) is 57.7 Å². The maximum Gasteiger partial charge on any atom is 0.412 e. The molecule has 0 aromatic heterocycles. The third-order valence-corrected chi connectivity index (χ3v) is 3.69. The number of hydrogen-bond acceptors (Lipinski definition) is 3. The van der Waals surface area contributed by atoms with E-state index in [1.807, 2.05) is 45.0 Å². The van der Waals surface area contributed by atoms with Gasteiger partial charge in [-0.05, 0) is 52.2 Å². The van der Waals surface area contributed by atoms with E-state index < -0.39 is 17.8 Å². The van der Waals surface area contributed by atoms with Crippen molar-refractivity contribution in [1.82, 2.24) is 0 Å². The molecule has 2 N–H and O–H groups in total. The molecule has 4 heteroatoms. The molecule has 0 aliphatic heterocycles. The molecule has 20 heavy (non-hydrogen) atoms. The van der Waals surface area contributed by atoms with Crippen molar-refractivity contribution < 1.29 is 14.6 Å². The zero-order valence-electron chi connectivity index (χ0n) is 12.6. The number of benzene rings is 1. The number of para-hydroxylation sites is 1. The highest BCUT2D eigenvalue weighted by Gasteiger charge is 2.49. The molecule has 0 radical (unpaired) electrons. The van der Waals surface area contributed by atoms with E-state index in [0.717, 1.165) is 24.1 Å². The van der Waals surface area contributed by atoms with Crippen LogP contribution in [0.4, 0.5) is 10.5 Å². The standard InChI is InChI=1S/C16H23NO3/c1-11(18)16(9-10-16)12-7-5-6-8-13(12)17-14(19)20-15(2,3)4/h5-8,11,18H,9-10H2,1-4H3,(H,17,19). The molecule has 0 spiro atoms. The Bertz CT molecular complexity index is 499. The topological polar surface area (TPSA) is 58.6 Å². The number of carbonyl (C=O) groups is 1. The SMILES string of the molecule is CC(O)C1(c2ccccc2NC(=O)OC(C)(C)C)CC1. The van der Waals surface area contributed by atoms with Gasteiger partial charge in [0.2, 0.25) is 0 Å². The second-order valence-corrected chi connectivity index (χ2v) is 6.50. The van der Waals surface area contributed by atoms with E-state index >= 15 is 0 Å². The summed E-state index contributed by atoms with van der Waals surface area (Å²) in [7, 11) is 0. The van der Waals surface area contributed by atoms with E-state index in [9.17, 15) is 9.90 Å². The Labute approximate surface area is 120 Å². The van der Waals surface area contributed by atoms with E-state index in [1.165, 1.54) is 0 Å². The van der Waals surface area contributed by atoms with Gasteiger partial charge >= 0.3 is 6.09 Å². The Kier molecular flexibility index (Phi) is 3.78. The van der Waals surface area contributed by atoms with Gasteiger partial charge < -0.3 is 9.84 Å². The lowest BCUT2D eigenvalue weighted by Crippen LogP contribution is -2.29. The van der Waals surface area contributed by atoms with Crippen molar-refractivity contribution in [3.05, 3.63) is 29.8 Å². The molecule has 1 aromatic carbocycles. The van der Waals surface area contributed by atoms with Crippen LogP contribution in [0.25, 0.3) is 0 Å². The van der Waals surface area contributed by atoms with Crippen LogP contribution in [0.1, 0.15) is 46.1 Å². The largest absolute Gasteiger partial charge is 0.444 e. The fraction of sp³-hybridized carbons (Fsp3) is 0.562. The maximum atomic E-state index is 11.9. The number of hydrogen-bond donors (Lipinski definition) is 2. The van der Waals surface area contributed by atoms with Crippen LogP contribution in [-0.2, 0) is 10.2 Å². The lowest BCUT2D eigenvalue weighted by Gasteiger charge is -2.24. The van der Waals surface area contributed by atoms with Crippen LogP contribution in [0.15, 0.2) is 24.3 Å². The first-order valence-corrected chi connectivity index (χ1v) is 7.02. The summed E-state index contributed by atoms with van der Waals surface area (Å²) in [5.41, 5.74) is 0.965. The van der Waals surface area contributed by atoms with Crippen LogP contribution < -0.4 is 5.32 Å². The van der Waals surface area contributed by atoms with Crippen molar-refractivity contribution in [3.8, 4) is 0 Å². The molecular formula is C16H23NO3. The van der Waals surface area contributed by atoms with Gasteiger partial charge in [0, 0.05) is 11.1 Å². The van der Waals surface area contributed by atoms with Crippen molar-refractivity contribution in [3.63, 3.8) is 0 Å². The minimum atomic E-state index is -0.527. The molecule has 1 aliphatic rings. The molecule has 4 nitrogen and oxygen atoms in total. The van der Waals surface area contributed by atoms with Crippen molar-refractivity contribution in [2.75, 3.05) is 5.32 Å². The van der Waals surface area contributed by atoms with Crippen LogP contribution in [0, 0.1) is 0 Å². The highest BCUT2D eigenvalue weighted by Crippen LogP contribution is 2.53. The Hall–Kier alpha value is -1.55. The van der Waals surface area contributed by atoms with Gasteiger partial charge in [0.05, 0.1) is 6.10 Å². The van der Waals surface area contributed by atoms with Gasteiger partial charge in [0.1, 0.15) is 5.60 Å². The lowest BCUT2D eigenvalue weighted by molar-refractivity contribution is 0.0635. The summed E-state index contributed by atoms with van der Waals surface area (Å²) in [6.07, 6.45) is 0.991. The summed E-state index contributed by atoms with van der Waals surface area (Å²) in [6.45, 7) is 7.29. The quantitative estimate of drug-likeness (QED) is 0.889. The molecule has 2 rings (SSSR count). The molecule has 0 bridgehead atoms. The van der Waals surface area contributed by atoms with Gasteiger partial charge in [-0.15, -0.1) is 0 Å². The molecule has 1 fully saturated rings. The van der Waals surface area contributed by atoms with Gasteiger partial charge in [-0.1, -0.05) is 18.2 Å². The van der Waals surface area contributed by atoms with Gasteiger partial charge in [0.25, 0.3) is 0 Å². The van der Waals surface area contributed by atoms with Crippen LogP contribution in [0.3, 0.4) is 0 Å². The highest BCUT2D eigenvalue weighted by molar-refractivity contribution is 5.86. The predicted octanol–water partition coefficient (Wildman–Crippen LogP) is 3.45. The highest BCUT2D eigenvalue weighted by atomic mass is 16.6. The van der Waals surface area contributed by atoms with Crippen LogP contribution in [0.2, 0.25) is 0 Å². The molecule has 1 unspecified atom stereocenters. The summed E-state index contributed by atoms with van der Waals surface area (Å²) in [5.74, 6) is 0. The third-order valence-electron chi connectivity index (χ3n) is 3.69. The number of ether oxygens (including phenoxy) is 1.